The number of aliphatic imine (C=N–C) groups is 1. The molecule has 3 heterocycles. The summed E-state index contributed by atoms with van der Waals surface area (Å²) in [7, 11) is 0. The average Bonchev–Trinajstić information content (AvgIpc) is 3.13. The Hall–Kier alpha value is -2.49. The number of allylic oxidation sites excluding steroid dienone is 2. The lowest BCUT2D eigenvalue weighted by Gasteiger charge is -2.00. The molecule has 21 heavy (non-hydrogen) atoms. The maximum Gasteiger partial charge on any atom is 0.144 e. The second-order valence-electron chi connectivity index (χ2n) is 5.10. The minimum atomic E-state index is 0.634. The first kappa shape index (κ1) is 13.5. The molecule has 0 radical (unpaired) electrons. The van der Waals surface area contributed by atoms with Gasteiger partial charge in [0, 0.05) is 17.5 Å². The van der Waals surface area contributed by atoms with Gasteiger partial charge in [-0.3, -0.25) is 4.99 Å². The van der Waals surface area contributed by atoms with Crippen molar-refractivity contribution in [1.29, 1.82) is 0 Å². The van der Waals surface area contributed by atoms with Crippen LogP contribution in [-0.4, -0.2) is 22.3 Å². The summed E-state index contributed by atoms with van der Waals surface area (Å²) in [5, 5.41) is 0. The van der Waals surface area contributed by atoms with Crippen molar-refractivity contribution >= 4 is 11.8 Å². The Morgan fingerprint density at radius 3 is 2.62 bits per heavy atom. The molecule has 0 spiro atoms. The molecule has 0 saturated heterocycles. The van der Waals surface area contributed by atoms with Gasteiger partial charge >= 0.3 is 0 Å². The molecule has 0 saturated carbocycles. The first-order valence-electron chi connectivity index (χ1n) is 7.12. The minimum Gasteiger partial charge on any atom is -0.492 e. The van der Waals surface area contributed by atoms with Crippen LogP contribution >= 0.6 is 0 Å². The molecule has 108 valence electrons. The van der Waals surface area contributed by atoms with Crippen molar-refractivity contribution in [2.45, 2.75) is 20.8 Å². The predicted molar refractivity (Wildman–Crippen MR) is 86.7 cm³/mol. The number of hydrogen-bond acceptors (Lipinski definition) is 2. The molecule has 2 N–H and O–H groups in total. The van der Waals surface area contributed by atoms with E-state index in [-0.39, 0.29) is 0 Å². The van der Waals surface area contributed by atoms with Gasteiger partial charge in [0.15, 0.2) is 0 Å². The molecule has 1 aliphatic rings. The van der Waals surface area contributed by atoms with Gasteiger partial charge in [-0.05, 0) is 51.1 Å². The molecule has 3 rings (SSSR count). The molecule has 0 amide bonds. The van der Waals surface area contributed by atoms with Gasteiger partial charge in [-0.1, -0.05) is 0 Å². The maximum atomic E-state index is 5.72. The Bertz CT molecular complexity index is 744. The van der Waals surface area contributed by atoms with Crippen molar-refractivity contribution in [2.75, 3.05) is 6.61 Å². The lowest BCUT2D eigenvalue weighted by molar-refractivity contribution is 0.340. The Labute approximate surface area is 124 Å². The number of aryl methyl sites for hydroxylation is 1. The molecular formula is C17H19N3O. The average molecular weight is 281 g/mol. The standard InChI is InChI=1S/C17H19N3O/c1-4-21-17-10-15(14-8-6-12(3)19-14)20-16(17)9-13-7-5-11(2)18-13/h5-10,19-20H,4H2,1-3H3/b13-9-. The van der Waals surface area contributed by atoms with Crippen molar-refractivity contribution in [3.8, 4) is 17.1 Å². The summed E-state index contributed by atoms with van der Waals surface area (Å²) < 4.78 is 5.72. The fourth-order valence-corrected chi connectivity index (χ4v) is 2.35. The monoisotopic (exact) mass is 281 g/mol. The van der Waals surface area contributed by atoms with Crippen LogP contribution < -0.4 is 4.74 Å². The fourth-order valence-electron chi connectivity index (χ4n) is 2.35. The number of nitrogens with zero attached hydrogens (tertiary/aromatic N) is 1. The van der Waals surface area contributed by atoms with Gasteiger partial charge in [-0.15, -0.1) is 0 Å². The van der Waals surface area contributed by atoms with Gasteiger partial charge in [0.25, 0.3) is 0 Å². The maximum absolute atomic E-state index is 5.72. The van der Waals surface area contributed by atoms with Gasteiger partial charge in [0.1, 0.15) is 5.75 Å². The van der Waals surface area contributed by atoms with E-state index in [0.717, 1.165) is 39.9 Å². The zero-order valence-corrected chi connectivity index (χ0v) is 12.5. The largest absolute Gasteiger partial charge is 0.492 e. The van der Waals surface area contributed by atoms with Crippen molar-refractivity contribution in [3.63, 3.8) is 0 Å². The van der Waals surface area contributed by atoms with E-state index in [4.69, 9.17) is 4.74 Å². The molecular weight excluding hydrogens is 262 g/mol. The number of ether oxygens (including phenoxy) is 1. The van der Waals surface area contributed by atoms with Crippen LogP contribution in [0.4, 0.5) is 0 Å². The molecule has 4 heteroatoms. The van der Waals surface area contributed by atoms with Crippen LogP contribution in [0.5, 0.6) is 5.75 Å². The lowest BCUT2D eigenvalue weighted by atomic mass is 10.3. The number of aromatic amines is 2. The van der Waals surface area contributed by atoms with E-state index >= 15 is 0 Å². The summed E-state index contributed by atoms with van der Waals surface area (Å²) in [5.41, 5.74) is 6.10. The number of rotatable bonds is 4. The van der Waals surface area contributed by atoms with Crippen LogP contribution in [-0.2, 0) is 0 Å². The molecule has 0 fully saturated rings. The number of hydrogen-bond donors (Lipinski definition) is 2. The Kier molecular flexibility index (Phi) is 3.52. The van der Waals surface area contributed by atoms with E-state index in [9.17, 15) is 0 Å². The smallest absolute Gasteiger partial charge is 0.144 e. The van der Waals surface area contributed by atoms with E-state index in [2.05, 4.69) is 27.1 Å². The molecule has 0 atom stereocenters. The molecule has 0 unspecified atom stereocenters. The van der Waals surface area contributed by atoms with Crippen LogP contribution in [0.1, 0.15) is 25.2 Å². The third-order valence-electron chi connectivity index (χ3n) is 3.33. The van der Waals surface area contributed by atoms with Crippen molar-refractivity contribution in [3.05, 3.63) is 47.4 Å². The van der Waals surface area contributed by atoms with Crippen LogP contribution in [0.25, 0.3) is 17.5 Å². The summed E-state index contributed by atoms with van der Waals surface area (Å²) in [6.07, 6.45) is 6.02. The van der Waals surface area contributed by atoms with E-state index in [1.54, 1.807) is 0 Å². The van der Waals surface area contributed by atoms with Gasteiger partial charge in [-0.2, -0.15) is 0 Å². The van der Waals surface area contributed by atoms with Crippen molar-refractivity contribution in [1.82, 2.24) is 9.97 Å². The summed E-state index contributed by atoms with van der Waals surface area (Å²) in [6.45, 7) is 6.65. The molecule has 0 bridgehead atoms. The molecule has 2 aromatic rings. The van der Waals surface area contributed by atoms with Gasteiger partial charge in [0.05, 0.1) is 29.4 Å². The van der Waals surface area contributed by atoms with Crippen LogP contribution in [0.2, 0.25) is 0 Å². The van der Waals surface area contributed by atoms with Gasteiger partial charge < -0.3 is 14.7 Å². The fraction of sp³-hybridized carbons (Fsp3) is 0.235. The highest BCUT2D eigenvalue weighted by molar-refractivity contribution is 5.97. The van der Waals surface area contributed by atoms with Crippen LogP contribution in [0.3, 0.4) is 0 Å². The first-order chi connectivity index (χ1) is 10.2. The Balaban J connectivity index is 1.99. The van der Waals surface area contributed by atoms with Crippen LogP contribution in [0, 0.1) is 6.92 Å². The number of nitrogens with one attached hydrogen (secondary N) is 2. The Morgan fingerprint density at radius 2 is 2.00 bits per heavy atom. The second kappa shape index (κ2) is 5.48. The summed E-state index contributed by atoms with van der Waals surface area (Å²) in [6, 6.07) is 6.14. The third kappa shape index (κ3) is 2.84. The Morgan fingerprint density at radius 1 is 1.14 bits per heavy atom. The molecule has 2 aromatic heterocycles. The predicted octanol–water partition coefficient (Wildman–Crippen LogP) is 4.09. The first-order valence-corrected chi connectivity index (χ1v) is 7.12. The molecule has 4 nitrogen and oxygen atoms in total. The van der Waals surface area contributed by atoms with Crippen molar-refractivity contribution in [2.24, 2.45) is 4.99 Å². The third-order valence-corrected chi connectivity index (χ3v) is 3.33. The van der Waals surface area contributed by atoms with E-state index < -0.39 is 0 Å². The minimum absolute atomic E-state index is 0.634. The highest BCUT2D eigenvalue weighted by Crippen LogP contribution is 2.29. The second-order valence-corrected chi connectivity index (χ2v) is 5.10. The normalized spacial score (nSPS) is 15.8. The quantitative estimate of drug-likeness (QED) is 0.871. The zero-order chi connectivity index (χ0) is 14.8. The van der Waals surface area contributed by atoms with E-state index in [1.165, 1.54) is 0 Å². The number of aromatic nitrogens is 2. The summed E-state index contributed by atoms with van der Waals surface area (Å²) >= 11 is 0. The highest BCUT2D eigenvalue weighted by atomic mass is 16.5. The molecule has 0 aromatic carbocycles. The summed E-state index contributed by atoms with van der Waals surface area (Å²) in [5.74, 6) is 0.848. The van der Waals surface area contributed by atoms with Gasteiger partial charge in [0.2, 0.25) is 0 Å². The zero-order valence-electron chi connectivity index (χ0n) is 12.5. The topological polar surface area (TPSA) is 53.2 Å². The van der Waals surface area contributed by atoms with Crippen molar-refractivity contribution < 1.29 is 4.74 Å². The summed E-state index contributed by atoms with van der Waals surface area (Å²) in [4.78, 5) is 11.2. The molecule has 1 aliphatic heterocycles. The lowest BCUT2D eigenvalue weighted by Crippen LogP contribution is -1.91. The van der Waals surface area contributed by atoms with E-state index in [0.29, 0.717) is 6.61 Å². The number of H-pyrrole nitrogens is 2. The van der Waals surface area contributed by atoms with E-state index in [1.807, 2.05) is 45.1 Å². The van der Waals surface area contributed by atoms with Gasteiger partial charge in [-0.25, -0.2) is 0 Å². The molecule has 0 aliphatic carbocycles. The highest BCUT2D eigenvalue weighted by Gasteiger charge is 2.11. The SMILES string of the molecule is CCOc1cc(-c2ccc(C)[nH]2)[nH]c1/C=C1/C=CC(C)=N1. The van der Waals surface area contributed by atoms with Crippen LogP contribution in [0.15, 0.2) is 41.0 Å².